The molecule has 0 saturated heterocycles. The summed E-state index contributed by atoms with van der Waals surface area (Å²) in [6.45, 7) is 0. The van der Waals surface area contributed by atoms with E-state index in [1.165, 1.54) is 12.8 Å². The molecule has 14 heavy (non-hydrogen) atoms. The fourth-order valence-electron chi connectivity index (χ4n) is 0.940. The van der Waals surface area contributed by atoms with E-state index in [0.717, 1.165) is 11.7 Å². The first-order valence-electron chi connectivity index (χ1n) is 4.28. The lowest BCUT2D eigenvalue weighted by molar-refractivity contribution is 0.949. The Kier molecular flexibility index (Phi) is 3.04. The lowest BCUT2D eigenvalue weighted by Gasteiger charge is -2.03. The second-order valence-corrected chi connectivity index (χ2v) is 4.96. The molecule has 1 aromatic rings. The van der Waals surface area contributed by atoms with Crippen LogP contribution in [0.2, 0.25) is 10.3 Å². The summed E-state index contributed by atoms with van der Waals surface area (Å²) in [5.41, 5.74) is 5.77. The summed E-state index contributed by atoms with van der Waals surface area (Å²) in [6.07, 6.45) is 2.62. The van der Waals surface area contributed by atoms with Gasteiger partial charge >= 0.3 is 0 Å². The number of nitrogen functional groups attached to an aromatic ring is 1. The highest BCUT2D eigenvalue weighted by molar-refractivity contribution is 7.99. The predicted molar refractivity (Wildman–Crippen MR) is 59.9 cm³/mol. The van der Waals surface area contributed by atoms with Crippen molar-refractivity contribution in [1.29, 1.82) is 0 Å². The molecule has 2 N–H and O–H groups in total. The van der Waals surface area contributed by atoms with Crippen LogP contribution in [-0.2, 0) is 0 Å². The Bertz CT molecular complexity index is 331. The van der Waals surface area contributed by atoms with E-state index in [1.54, 1.807) is 11.8 Å². The van der Waals surface area contributed by atoms with E-state index >= 15 is 0 Å². The number of rotatable bonds is 3. The summed E-state index contributed by atoms with van der Waals surface area (Å²) in [4.78, 5) is 8.08. The highest BCUT2D eigenvalue weighted by Crippen LogP contribution is 2.35. The molecule has 0 spiro atoms. The van der Waals surface area contributed by atoms with E-state index < -0.39 is 0 Å². The normalized spacial score (nSPS) is 15.9. The van der Waals surface area contributed by atoms with Crippen LogP contribution in [0.1, 0.15) is 12.8 Å². The van der Waals surface area contributed by atoms with Gasteiger partial charge in [-0.05, 0) is 18.8 Å². The predicted octanol–water partition coefficient (Wildman–Crippen LogP) is 2.87. The van der Waals surface area contributed by atoms with E-state index in [-0.39, 0.29) is 16.0 Å². The molecule has 0 unspecified atom stereocenters. The second-order valence-electron chi connectivity index (χ2n) is 3.26. The third-order valence-corrected chi connectivity index (χ3v) is 3.63. The molecule has 1 aliphatic rings. The number of thioether (sulfide) groups is 1. The Morgan fingerprint density at radius 1 is 1.29 bits per heavy atom. The lowest BCUT2D eigenvalue weighted by Crippen LogP contribution is -1.97. The maximum Gasteiger partial charge on any atom is 0.190 e. The van der Waals surface area contributed by atoms with Gasteiger partial charge < -0.3 is 5.73 Å². The summed E-state index contributed by atoms with van der Waals surface area (Å²) in [6, 6.07) is 0. The molecule has 76 valence electrons. The number of aromatic nitrogens is 2. The Hall–Kier alpha value is -0.190. The average Bonchev–Trinajstić information content (AvgIpc) is 2.94. The highest BCUT2D eigenvalue weighted by atomic mass is 35.5. The monoisotopic (exact) mass is 249 g/mol. The molecule has 0 amide bonds. The van der Waals surface area contributed by atoms with Crippen LogP contribution >= 0.6 is 35.0 Å². The van der Waals surface area contributed by atoms with Crippen LogP contribution in [0.5, 0.6) is 0 Å². The van der Waals surface area contributed by atoms with E-state index in [4.69, 9.17) is 28.9 Å². The van der Waals surface area contributed by atoms with Crippen molar-refractivity contribution >= 4 is 40.7 Å². The van der Waals surface area contributed by atoms with Gasteiger partial charge in [0.25, 0.3) is 0 Å². The third-order valence-electron chi connectivity index (χ3n) is 1.98. The van der Waals surface area contributed by atoms with Gasteiger partial charge in [0, 0.05) is 5.75 Å². The molecule has 1 aromatic heterocycles. The molecule has 1 heterocycles. The number of nitrogens with two attached hydrogens (primary N) is 1. The first-order chi connectivity index (χ1) is 6.66. The molecule has 0 atom stereocenters. The van der Waals surface area contributed by atoms with Crippen molar-refractivity contribution in [2.75, 3.05) is 11.5 Å². The maximum absolute atomic E-state index is 5.78. The van der Waals surface area contributed by atoms with Crippen molar-refractivity contribution in [3.8, 4) is 0 Å². The molecule has 2 rings (SSSR count). The molecule has 1 aliphatic carbocycles. The average molecular weight is 250 g/mol. The minimum atomic E-state index is 0.239. The van der Waals surface area contributed by atoms with Gasteiger partial charge in [-0.1, -0.05) is 35.0 Å². The number of hydrogen-bond acceptors (Lipinski definition) is 4. The van der Waals surface area contributed by atoms with Gasteiger partial charge in [-0.15, -0.1) is 0 Å². The first-order valence-corrected chi connectivity index (χ1v) is 6.02. The molecule has 1 saturated carbocycles. The molecule has 0 aliphatic heterocycles. The Morgan fingerprint density at radius 3 is 2.36 bits per heavy atom. The van der Waals surface area contributed by atoms with Crippen LogP contribution in [-0.4, -0.2) is 15.7 Å². The summed E-state index contributed by atoms with van der Waals surface area (Å²) < 4.78 is 0. The number of halogens is 2. The van der Waals surface area contributed by atoms with Crippen molar-refractivity contribution in [1.82, 2.24) is 9.97 Å². The van der Waals surface area contributed by atoms with Gasteiger partial charge in [0.2, 0.25) is 0 Å². The zero-order valence-corrected chi connectivity index (χ0v) is 9.66. The maximum atomic E-state index is 5.78. The van der Waals surface area contributed by atoms with Gasteiger partial charge in [-0.25, -0.2) is 9.97 Å². The summed E-state index contributed by atoms with van der Waals surface area (Å²) in [5.74, 6) is 1.86. The summed E-state index contributed by atoms with van der Waals surface area (Å²) in [5, 5.41) is 1.09. The summed E-state index contributed by atoms with van der Waals surface area (Å²) in [7, 11) is 0. The second kappa shape index (κ2) is 4.13. The molecule has 6 heteroatoms. The van der Waals surface area contributed by atoms with Crippen molar-refractivity contribution in [3.63, 3.8) is 0 Å². The Balaban J connectivity index is 2.08. The zero-order chi connectivity index (χ0) is 10.1. The van der Waals surface area contributed by atoms with Crippen LogP contribution in [0.25, 0.3) is 0 Å². The molecular formula is C8H9Cl2N3S. The SMILES string of the molecule is Nc1c(Cl)nc(SCC2CC2)nc1Cl. The quantitative estimate of drug-likeness (QED) is 0.509. The largest absolute Gasteiger partial charge is 0.394 e. The standard InChI is InChI=1S/C8H9Cl2N3S/c9-6-5(11)7(10)13-8(12-6)14-3-4-1-2-4/h4H,1-3,11H2. The fraction of sp³-hybridized carbons (Fsp3) is 0.500. The number of anilines is 1. The topological polar surface area (TPSA) is 51.8 Å². The van der Waals surface area contributed by atoms with Crippen LogP contribution in [0, 0.1) is 5.92 Å². The van der Waals surface area contributed by atoms with Crippen LogP contribution in [0.3, 0.4) is 0 Å². The number of nitrogens with zero attached hydrogens (tertiary/aromatic N) is 2. The minimum absolute atomic E-state index is 0.239. The zero-order valence-electron chi connectivity index (χ0n) is 7.33. The smallest absolute Gasteiger partial charge is 0.190 e. The molecule has 1 fully saturated rings. The molecule has 0 radical (unpaired) electrons. The lowest BCUT2D eigenvalue weighted by atomic mass is 10.5. The van der Waals surface area contributed by atoms with Crippen molar-refractivity contribution < 1.29 is 0 Å². The third kappa shape index (κ3) is 2.43. The van der Waals surface area contributed by atoms with E-state index in [2.05, 4.69) is 9.97 Å². The van der Waals surface area contributed by atoms with E-state index in [1.807, 2.05) is 0 Å². The highest BCUT2D eigenvalue weighted by Gasteiger charge is 2.22. The van der Waals surface area contributed by atoms with Crippen LogP contribution in [0.4, 0.5) is 5.69 Å². The van der Waals surface area contributed by atoms with Crippen LogP contribution in [0.15, 0.2) is 5.16 Å². The first kappa shape index (κ1) is 10.3. The fourth-order valence-corrected chi connectivity index (χ4v) is 2.46. The number of hydrogen-bond donors (Lipinski definition) is 1. The Morgan fingerprint density at radius 2 is 1.86 bits per heavy atom. The van der Waals surface area contributed by atoms with E-state index in [9.17, 15) is 0 Å². The van der Waals surface area contributed by atoms with Crippen LogP contribution < -0.4 is 5.73 Å². The Labute approximate surface area is 96.4 Å². The molecular weight excluding hydrogens is 241 g/mol. The van der Waals surface area contributed by atoms with Gasteiger partial charge in [-0.2, -0.15) is 0 Å². The minimum Gasteiger partial charge on any atom is -0.394 e. The summed E-state index contributed by atoms with van der Waals surface area (Å²) >= 11 is 13.1. The van der Waals surface area contributed by atoms with Crippen molar-refractivity contribution in [2.24, 2.45) is 5.92 Å². The van der Waals surface area contributed by atoms with Crippen molar-refractivity contribution in [2.45, 2.75) is 18.0 Å². The van der Waals surface area contributed by atoms with Gasteiger partial charge in [0.1, 0.15) is 5.69 Å². The van der Waals surface area contributed by atoms with Crippen molar-refractivity contribution in [3.05, 3.63) is 10.3 Å². The molecule has 0 bridgehead atoms. The van der Waals surface area contributed by atoms with Gasteiger partial charge in [0.05, 0.1) is 0 Å². The van der Waals surface area contributed by atoms with E-state index in [0.29, 0.717) is 5.16 Å². The molecule has 0 aromatic carbocycles. The van der Waals surface area contributed by atoms with Gasteiger partial charge in [-0.3, -0.25) is 0 Å². The van der Waals surface area contributed by atoms with Gasteiger partial charge in [0.15, 0.2) is 15.5 Å². The molecule has 3 nitrogen and oxygen atoms in total.